The van der Waals surface area contributed by atoms with Gasteiger partial charge in [-0.15, -0.1) is 0 Å². The summed E-state index contributed by atoms with van der Waals surface area (Å²) in [7, 11) is -1.44. The minimum atomic E-state index is -3.14. The Hall–Kier alpha value is -0.290. The average Bonchev–Trinajstić information content (AvgIpc) is 2.20. The van der Waals surface area contributed by atoms with E-state index in [9.17, 15) is 8.42 Å². The first-order valence-electron chi connectivity index (χ1n) is 5.08. The lowest BCUT2D eigenvalue weighted by atomic mass is 10.0. The Labute approximate surface area is 112 Å². The summed E-state index contributed by atoms with van der Waals surface area (Å²) in [6.07, 6.45) is 1.21. The predicted octanol–water partition coefficient (Wildman–Crippen LogP) is 2.69. The second-order valence-corrected chi connectivity index (χ2v) is 7.21. The minimum absolute atomic E-state index is 0.352. The Bertz CT molecular complexity index is 502. The topological polar surface area (TPSA) is 46.2 Å². The van der Waals surface area contributed by atoms with Crippen LogP contribution in [0.5, 0.6) is 0 Å². The monoisotopic (exact) mass is 295 g/mol. The summed E-state index contributed by atoms with van der Waals surface area (Å²) in [5.74, 6) is 0. The molecule has 17 heavy (non-hydrogen) atoms. The lowest BCUT2D eigenvalue weighted by Gasteiger charge is -2.23. The van der Waals surface area contributed by atoms with Gasteiger partial charge in [0.15, 0.2) is 9.84 Å². The van der Waals surface area contributed by atoms with Gasteiger partial charge in [0.05, 0.1) is 5.25 Å². The van der Waals surface area contributed by atoms with Gasteiger partial charge >= 0.3 is 0 Å². The molecule has 0 radical (unpaired) electrons. The maximum Gasteiger partial charge on any atom is 0.151 e. The van der Waals surface area contributed by atoms with Crippen molar-refractivity contribution in [1.82, 2.24) is 5.32 Å². The second kappa shape index (κ2) is 5.57. The van der Waals surface area contributed by atoms with Crippen molar-refractivity contribution in [3.05, 3.63) is 33.8 Å². The van der Waals surface area contributed by atoms with E-state index in [0.717, 1.165) is 5.56 Å². The van der Waals surface area contributed by atoms with Gasteiger partial charge in [0.25, 0.3) is 0 Å². The molecule has 0 saturated carbocycles. The molecule has 0 aliphatic heterocycles. The van der Waals surface area contributed by atoms with Crippen molar-refractivity contribution in [2.45, 2.75) is 18.2 Å². The molecule has 6 heteroatoms. The Morgan fingerprint density at radius 3 is 2.29 bits per heavy atom. The smallest absolute Gasteiger partial charge is 0.151 e. The molecular weight excluding hydrogens is 281 g/mol. The summed E-state index contributed by atoms with van der Waals surface area (Å²) in [5, 5.41) is 3.41. The highest BCUT2D eigenvalue weighted by Gasteiger charge is 2.27. The number of hydrogen-bond donors (Lipinski definition) is 1. The molecule has 3 nitrogen and oxygen atoms in total. The van der Waals surface area contributed by atoms with Crippen LogP contribution in [-0.2, 0) is 9.84 Å². The van der Waals surface area contributed by atoms with Crippen LogP contribution in [0.2, 0.25) is 10.0 Å². The number of sulfone groups is 1. The van der Waals surface area contributed by atoms with Crippen LogP contribution in [0.25, 0.3) is 0 Å². The van der Waals surface area contributed by atoms with Gasteiger partial charge in [0.1, 0.15) is 0 Å². The van der Waals surface area contributed by atoms with Gasteiger partial charge in [0.2, 0.25) is 0 Å². The fourth-order valence-electron chi connectivity index (χ4n) is 1.64. The minimum Gasteiger partial charge on any atom is -0.312 e. The molecule has 1 rings (SSSR count). The Kier molecular flexibility index (Phi) is 4.84. The molecule has 1 aromatic rings. The van der Waals surface area contributed by atoms with Crippen LogP contribution in [0.3, 0.4) is 0 Å². The van der Waals surface area contributed by atoms with Crippen molar-refractivity contribution < 1.29 is 8.42 Å². The summed E-state index contributed by atoms with van der Waals surface area (Å²) in [5.41, 5.74) is 0.733. The molecule has 0 bridgehead atoms. The van der Waals surface area contributed by atoms with Crippen LogP contribution in [-0.4, -0.2) is 27.0 Å². The van der Waals surface area contributed by atoms with Crippen molar-refractivity contribution in [2.75, 3.05) is 13.3 Å². The Balaban J connectivity index is 3.19. The van der Waals surface area contributed by atoms with Gasteiger partial charge in [-0.25, -0.2) is 8.42 Å². The summed E-state index contributed by atoms with van der Waals surface area (Å²) >= 11 is 11.9. The molecular formula is C11H15Cl2NO2S. The highest BCUT2D eigenvalue weighted by Crippen LogP contribution is 2.29. The zero-order valence-corrected chi connectivity index (χ0v) is 12.2. The lowest BCUT2D eigenvalue weighted by molar-refractivity contribution is 0.535. The largest absolute Gasteiger partial charge is 0.312 e. The van der Waals surface area contributed by atoms with Gasteiger partial charge in [-0.05, 0) is 31.7 Å². The van der Waals surface area contributed by atoms with E-state index in [0.29, 0.717) is 10.0 Å². The first-order valence-corrected chi connectivity index (χ1v) is 7.79. The van der Waals surface area contributed by atoms with Gasteiger partial charge in [-0.3, -0.25) is 0 Å². The van der Waals surface area contributed by atoms with Gasteiger partial charge in [-0.1, -0.05) is 29.3 Å². The molecule has 0 aromatic heterocycles. The third-order valence-corrected chi connectivity index (χ3v) is 4.94. The van der Waals surface area contributed by atoms with Gasteiger partial charge in [0, 0.05) is 22.3 Å². The number of rotatable bonds is 4. The van der Waals surface area contributed by atoms with E-state index in [-0.39, 0.29) is 6.04 Å². The van der Waals surface area contributed by atoms with Crippen LogP contribution >= 0.6 is 23.2 Å². The summed E-state index contributed by atoms with van der Waals surface area (Å²) < 4.78 is 23.1. The fraction of sp³-hybridized carbons (Fsp3) is 0.455. The number of nitrogens with one attached hydrogen (secondary N) is 1. The second-order valence-electron chi connectivity index (χ2n) is 3.97. The Morgan fingerprint density at radius 1 is 1.29 bits per heavy atom. The highest BCUT2D eigenvalue weighted by molar-refractivity contribution is 7.91. The van der Waals surface area contributed by atoms with Crippen LogP contribution in [0, 0.1) is 0 Å². The normalized spacial score (nSPS) is 15.6. The third-order valence-electron chi connectivity index (χ3n) is 2.75. The standard InChI is InChI=1S/C11H15Cl2NO2S/c1-7(17(3,15)16)11(14-2)9-5-4-8(12)6-10(9)13/h4-7,11,14H,1-3H3. The zero-order valence-electron chi connectivity index (χ0n) is 9.87. The van der Waals surface area contributed by atoms with E-state index in [1.54, 1.807) is 32.2 Å². The molecule has 2 atom stereocenters. The highest BCUT2D eigenvalue weighted by atomic mass is 35.5. The first-order chi connectivity index (χ1) is 7.77. The average molecular weight is 296 g/mol. The third kappa shape index (κ3) is 3.58. The van der Waals surface area contributed by atoms with Crippen LogP contribution in [0.15, 0.2) is 18.2 Å². The van der Waals surface area contributed by atoms with Crippen LogP contribution < -0.4 is 5.32 Å². The van der Waals surface area contributed by atoms with E-state index in [4.69, 9.17) is 23.2 Å². The molecule has 0 heterocycles. The number of halogens is 2. The van der Waals surface area contributed by atoms with Crippen molar-refractivity contribution in [2.24, 2.45) is 0 Å². The molecule has 0 saturated heterocycles. The summed E-state index contributed by atoms with van der Waals surface area (Å²) in [6.45, 7) is 1.65. The van der Waals surface area contributed by atoms with Gasteiger partial charge < -0.3 is 5.32 Å². The molecule has 1 aromatic carbocycles. The summed E-state index contributed by atoms with van der Waals surface area (Å²) in [6, 6.07) is 4.70. The number of benzene rings is 1. The van der Waals surface area contributed by atoms with E-state index in [1.807, 2.05) is 0 Å². The van der Waals surface area contributed by atoms with Crippen LogP contribution in [0.4, 0.5) is 0 Å². The molecule has 0 aliphatic rings. The van der Waals surface area contributed by atoms with E-state index >= 15 is 0 Å². The van der Waals surface area contributed by atoms with Crippen molar-refractivity contribution >= 4 is 33.0 Å². The van der Waals surface area contributed by atoms with Crippen molar-refractivity contribution in [3.8, 4) is 0 Å². The summed E-state index contributed by atoms with van der Waals surface area (Å²) in [4.78, 5) is 0. The quantitative estimate of drug-likeness (QED) is 0.929. The van der Waals surface area contributed by atoms with E-state index in [2.05, 4.69) is 5.32 Å². The molecule has 96 valence electrons. The zero-order chi connectivity index (χ0) is 13.2. The van der Waals surface area contributed by atoms with E-state index in [1.165, 1.54) is 6.26 Å². The molecule has 0 amide bonds. The first kappa shape index (κ1) is 14.8. The molecule has 0 fully saturated rings. The van der Waals surface area contributed by atoms with Crippen LogP contribution in [0.1, 0.15) is 18.5 Å². The van der Waals surface area contributed by atoms with Gasteiger partial charge in [-0.2, -0.15) is 0 Å². The van der Waals surface area contributed by atoms with Crippen molar-refractivity contribution in [3.63, 3.8) is 0 Å². The maximum atomic E-state index is 11.6. The molecule has 1 N–H and O–H groups in total. The fourth-order valence-corrected chi connectivity index (χ4v) is 2.95. The lowest BCUT2D eigenvalue weighted by Crippen LogP contribution is -2.33. The molecule has 0 aliphatic carbocycles. The number of hydrogen-bond acceptors (Lipinski definition) is 3. The maximum absolute atomic E-state index is 11.6. The molecule has 0 spiro atoms. The SMILES string of the molecule is CNC(c1ccc(Cl)cc1Cl)C(C)S(C)(=O)=O. The van der Waals surface area contributed by atoms with Crippen molar-refractivity contribution in [1.29, 1.82) is 0 Å². The Morgan fingerprint density at radius 2 is 1.88 bits per heavy atom. The predicted molar refractivity (Wildman–Crippen MR) is 72.6 cm³/mol. The molecule has 2 unspecified atom stereocenters. The van der Waals surface area contributed by atoms with E-state index < -0.39 is 15.1 Å².